The van der Waals surface area contributed by atoms with Crippen LogP contribution in [-0.4, -0.2) is 16.8 Å². The topological polar surface area (TPSA) is 29.3 Å². The molecule has 0 saturated carbocycles. The van der Waals surface area contributed by atoms with Gasteiger partial charge in [0.05, 0.1) is 0 Å². The van der Waals surface area contributed by atoms with Crippen molar-refractivity contribution in [3.63, 3.8) is 0 Å². The highest BCUT2D eigenvalue weighted by molar-refractivity contribution is 7.93. The zero-order chi connectivity index (χ0) is 5.70. The molecule has 0 unspecified atom stereocenters. The minimum absolute atomic E-state index is 0.706. The standard InChI is InChI=1S/C3H10N2S2/c4-2-1-3-5(6)7/h6-7H,1-4H2. The van der Waals surface area contributed by atoms with Crippen LogP contribution < -0.4 is 5.73 Å². The monoisotopic (exact) mass is 138 g/mol. The largest absolute Gasteiger partial charge is 0.330 e. The normalized spacial score (nSPS) is 10.3. The number of hydrogen-bond donors (Lipinski definition) is 3. The van der Waals surface area contributed by atoms with Crippen molar-refractivity contribution in [3.8, 4) is 0 Å². The van der Waals surface area contributed by atoms with E-state index < -0.39 is 0 Å². The second-order valence-corrected chi connectivity index (χ2v) is 2.52. The zero-order valence-electron chi connectivity index (χ0n) is 4.04. The van der Waals surface area contributed by atoms with E-state index in [-0.39, 0.29) is 0 Å². The minimum Gasteiger partial charge on any atom is -0.330 e. The Morgan fingerprint density at radius 1 is 1.43 bits per heavy atom. The van der Waals surface area contributed by atoms with E-state index in [4.69, 9.17) is 5.73 Å². The van der Waals surface area contributed by atoms with Crippen LogP contribution in [0.15, 0.2) is 0 Å². The first-order valence-electron chi connectivity index (χ1n) is 2.12. The second-order valence-electron chi connectivity index (χ2n) is 1.24. The quantitative estimate of drug-likeness (QED) is 0.491. The van der Waals surface area contributed by atoms with Crippen molar-refractivity contribution in [2.24, 2.45) is 5.73 Å². The van der Waals surface area contributed by atoms with Crippen molar-refractivity contribution in [2.45, 2.75) is 6.42 Å². The minimum atomic E-state index is 0.706. The highest BCUT2D eigenvalue weighted by Gasteiger charge is 1.86. The van der Waals surface area contributed by atoms with Crippen LogP contribution in [0.2, 0.25) is 0 Å². The van der Waals surface area contributed by atoms with Crippen LogP contribution in [0.25, 0.3) is 0 Å². The molecule has 0 aromatic rings. The molecule has 0 aliphatic heterocycles. The van der Waals surface area contributed by atoms with Gasteiger partial charge < -0.3 is 5.73 Å². The van der Waals surface area contributed by atoms with E-state index in [0.29, 0.717) is 6.54 Å². The third kappa shape index (κ3) is 6.62. The summed E-state index contributed by atoms with van der Waals surface area (Å²) in [4.78, 5) is 0. The van der Waals surface area contributed by atoms with Gasteiger partial charge in [-0.15, -0.1) is 0 Å². The third-order valence-corrected chi connectivity index (χ3v) is 0.962. The van der Waals surface area contributed by atoms with Gasteiger partial charge in [0.15, 0.2) is 0 Å². The number of rotatable bonds is 3. The average molecular weight is 138 g/mol. The van der Waals surface area contributed by atoms with Crippen LogP contribution in [-0.2, 0) is 0 Å². The molecule has 2 N–H and O–H groups in total. The van der Waals surface area contributed by atoms with Crippen LogP contribution >= 0.6 is 25.6 Å². The smallest absolute Gasteiger partial charge is 0.0209 e. The third-order valence-electron chi connectivity index (χ3n) is 0.562. The summed E-state index contributed by atoms with van der Waals surface area (Å²) >= 11 is 7.75. The summed E-state index contributed by atoms with van der Waals surface area (Å²) in [6, 6.07) is 0. The Hall–Kier alpha value is 0.620. The van der Waals surface area contributed by atoms with Crippen LogP contribution in [0, 0.1) is 0 Å². The fourth-order valence-corrected chi connectivity index (χ4v) is 0.516. The predicted octanol–water partition coefficient (Wildman–Crippen LogP) is 0.327. The van der Waals surface area contributed by atoms with E-state index in [9.17, 15) is 0 Å². The van der Waals surface area contributed by atoms with Crippen molar-refractivity contribution < 1.29 is 0 Å². The van der Waals surface area contributed by atoms with Crippen LogP contribution in [0.3, 0.4) is 0 Å². The highest BCUT2D eigenvalue weighted by atomic mass is 32.2. The van der Waals surface area contributed by atoms with E-state index in [1.165, 1.54) is 3.71 Å². The second kappa shape index (κ2) is 4.77. The fourth-order valence-electron chi connectivity index (χ4n) is 0.233. The first-order chi connectivity index (χ1) is 3.27. The van der Waals surface area contributed by atoms with Crippen LogP contribution in [0.1, 0.15) is 6.42 Å². The SMILES string of the molecule is NCCCN(S)S. The molecule has 0 bridgehead atoms. The zero-order valence-corrected chi connectivity index (χ0v) is 5.83. The number of nitrogens with zero attached hydrogens (tertiary/aromatic N) is 1. The summed E-state index contributed by atoms with van der Waals surface area (Å²) in [5.41, 5.74) is 5.18. The molecule has 0 aliphatic carbocycles. The lowest BCUT2D eigenvalue weighted by atomic mass is 10.4. The van der Waals surface area contributed by atoms with Gasteiger partial charge in [0.1, 0.15) is 0 Å². The molecular formula is C3H10N2S2. The summed E-state index contributed by atoms with van der Waals surface area (Å²) < 4.78 is 1.52. The lowest BCUT2D eigenvalue weighted by Gasteiger charge is -2.02. The van der Waals surface area contributed by atoms with Crippen LogP contribution in [0.5, 0.6) is 0 Å². The Morgan fingerprint density at radius 3 is 2.14 bits per heavy atom. The first-order valence-corrected chi connectivity index (χ1v) is 2.92. The van der Waals surface area contributed by atoms with Crippen LogP contribution in [0.4, 0.5) is 0 Å². The molecule has 0 rings (SSSR count). The highest BCUT2D eigenvalue weighted by Crippen LogP contribution is 1.95. The van der Waals surface area contributed by atoms with Crippen molar-refractivity contribution in [3.05, 3.63) is 0 Å². The summed E-state index contributed by atoms with van der Waals surface area (Å²) in [5, 5.41) is 0. The van der Waals surface area contributed by atoms with Gasteiger partial charge >= 0.3 is 0 Å². The molecule has 44 valence electrons. The van der Waals surface area contributed by atoms with E-state index in [1.54, 1.807) is 0 Å². The molecule has 0 aromatic carbocycles. The molecule has 0 atom stereocenters. The molecule has 0 aliphatic rings. The lowest BCUT2D eigenvalue weighted by molar-refractivity contribution is 0.691. The molecule has 0 aromatic heterocycles. The summed E-state index contributed by atoms with van der Waals surface area (Å²) in [6.07, 6.45) is 0.951. The van der Waals surface area contributed by atoms with Gasteiger partial charge in [0.2, 0.25) is 0 Å². The van der Waals surface area contributed by atoms with Gasteiger partial charge in [-0.2, -0.15) is 3.71 Å². The van der Waals surface area contributed by atoms with E-state index in [2.05, 4.69) is 25.6 Å². The summed E-state index contributed by atoms with van der Waals surface area (Å²) in [7, 11) is 0. The first kappa shape index (κ1) is 7.62. The molecule has 0 radical (unpaired) electrons. The van der Waals surface area contributed by atoms with Gasteiger partial charge in [-0.25, -0.2) is 0 Å². The fraction of sp³-hybridized carbons (Fsp3) is 1.00. The molecule has 7 heavy (non-hydrogen) atoms. The van der Waals surface area contributed by atoms with Gasteiger partial charge in [-0.3, -0.25) is 0 Å². The van der Waals surface area contributed by atoms with E-state index in [0.717, 1.165) is 13.0 Å². The molecular weight excluding hydrogens is 128 g/mol. The van der Waals surface area contributed by atoms with Gasteiger partial charge in [-0.1, -0.05) is 25.6 Å². The molecule has 2 nitrogen and oxygen atoms in total. The Balaban J connectivity index is 2.68. The number of nitrogens with two attached hydrogens (primary N) is 1. The van der Waals surface area contributed by atoms with Crippen molar-refractivity contribution in [2.75, 3.05) is 13.1 Å². The lowest BCUT2D eigenvalue weighted by Crippen LogP contribution is -2.07. The van der Waals surface area contributed by atoms with Crippen molar-refractivity contribution in [1.29, 1.82) is 0 Å². The Morgan fingerprint density at radius 2 is 2.00 bits per heavy atom. The summed E-state index contributed by atoms with van der Waals surface area (Å²) in [5.74, 6) is 0. The Labute approximate surface area is 55.1 Å². The Kier molecular flexibility index (Phi) is 5.19. The predicted molar refractivity (Wildman–Crippen MR) is 38.3 cm³/mol. The average Bonchev–Trinajstić information content (AvgIpc) is 1.61. The molecule has 4 heteroatoms. The molecule has 0 spiro atoms. The Bertz CT molecular complexity index is 39.9. The molecule has 0 saturated heterocycles. The number of hydrogen-bond acceptors (Lipinski definition) is 4. The van der Waals surface area contributed by atoms with E-state index >= 15 is 0 Å². The van der Waals surface area contributed by atoms with Crippen molar-refractivity contribution >= 4 is 25.6 Å². The molecule has 0 heterocycles. The molecule has 0 amide bonds. The van der Waals surface area contributed by atoms with Gasteiger partial charge in [-0.05, 0) is 13.0 Å². The maximum absolute atomic E-state index is 5.18. The summed E-state index contributed by atoms with van der Waals surface area (Å²) in [6.45, 7) is 1.54. The maximum atomic E-state index is 5.18. The number of thiol groups is 2. The van der Waals surface area contributed by atoms with Gasteiger partial charge in [0.25, 0.3) is 0 Å². The van der Waals surface area contributed by atoms with Crippen molar-refractivity contribution in [1.82, 2.24) is 3.71 Å². The van der Waals surface area contributed by atoms with Gasteiger partial charge in [0, 0.05) is 6.54 Å². The van der Waals surface area contributed by atoms with E-state index in [1.807, 2.05) is 0 Å². The maximum Gasteiger partial charge on any atom is 0.0209 e. The molecule has 0 fully saturated rings.